The minimum Gasteiger partial charge on any atom is -0.544 e. The molecule has 0 rings (SSSR count). The highest BCUT2D eigenvalue weighted by atomic mass is 16.6. The first-order chi connectivity index (χ1) is 32.1. The molecule has 0 aromatic carbocycles. The second-order valence-corrected chi connectivity index (χ2v) is 19.1. The summed E-state index contributed by atoms with van der Waals surface area (Å²) < 4.78 is 17.3. The van der Waals surface area contributed by atoms with Gasteiger partial charge in [-0.05, 0) is 83.5 Å². The first-order valence-corrected chi connectivity index (χ1v) is 27.0. The van der Waals surface area contributed by atoms with Gasteiger partial charge in [0.1, 0.15) is 12.6 Å². The molecule has 0 fully saturated rings. The summed E-state index contributed by atoms with van der Waals surface area (Å²) in [6.45, 7) is 4.54. The summed E-state index contributed by atoms with van der Waals surface area (Å²) in [6.07, 6.45) is 62.2. The summed E-state index contributed by atoms with van der Waals surface area (Å²) in [5.41, 5.74) is 0. The average molecular weight is 924 g/mol. The van der Waals surface area contributed by atoms with E-state index in [0.717, 1.165) is 89.9 Å². The van der Waals surface area contributed by atoms with Gasteiger partial charge >= 0.3 is 11.9 Å². The van der Waals surface area contributed by atoms with Gasteiger partial charge in [-0.1, -0.05) is 196 Å². The topological polar surface area (TPSA) is 102 Å². The number of hydrogen-bond acceptors (Lipinski definition) is 7. The minimum absolute atomic E-state index is 0.0308. The molecule has 0 aromatic heterocycles. The Morgan fingerprint density at radius 1 is 0.470 bits per heavy atom. The lowest BCUT2D eigenvalue weighted by Crippen LogP contribution is -2.55. The first kappa shape index (κ1) is 62.8. The third-order valence-electron chi connectivity index (χ3n) is 11.8. The largest absolute Gasteiger partial charge is 0.544 e. The van der Waals surface area contributed by atoms with Gasteiger partial charge in [-0.25, -0.2) is 0 Å². The molecule has 0 saturated carbocycles. The molecule has 0 bridgehead atoms. The molecule has 2 atom stereocenters. The van der Waals surface area contributed by atoms with Crippen molar-refractivity contribution in [3.05, 3.63) is 72.9 Å². The summed E-state index contributed by atoms with van der Waals surface area (Å²) in [7, 11) is 5.41. The minimum atomic E-state index is -1.13. The SMILES string of the molecule is CC/C=C/C/C=C/C/C=C/C/C=C/CCCCCCCCCC(=O)OC(COCCC(C(=O)[O-])[N+](C)(C)C)COC(=O)CCCCCCCCC/C=C/C/C=C/CCCCCCCCCC. The maximum Gasteiger partial charge on any atom is 0.306 e. The molecule has 0 radical (unpaired) electrons. The third-order valence-corrected chi connectivity index (χ3v) is 11.8. The van der Waals surface area contributed by atoms with Crippen LogP contribution >= 0.6 is 0 Å². The maximum atomic E-state index is 12.8. The van der Waals surface area contributed by atoms with Crippen LogP contribution in [-0.2, 0) is 28.6 Å². The van der Waals surface area contributed by atoms with Crippen molar-refractivity contribution in [2.75, 3.05) is 41.0 Å². The number of carbonyl (C=O) groups is 3. The molecule has 0 aliphatic heterocycles. The first-order valence-electron chi connectivity index (χ1n) is 27.0. The average Bonchev–Trinajstić information content (AvgIpc) is 3.28. The second kappa shape index (κ2) is 48.2. The molecule has 380 valence electrons. The highest BCUT2D eigenvalue weighted by molar-refractivity contribution is 5.70. The molecule has 0 aliphatic carbocycles. The van der Waals surface area contributed by atoms with E-state index >= 15 is 0 Å². The van der Waals surface area contributed by atoms with E-state index in [-0.39, 0.29) is 42.7 Å². The van der Waals surface area contributed by atoms with Crippen LogP contribution in [0.4, 0.5) is 0 Å². The zero-order chi connectivity index (χ0) is 48.4. The number of carboxylic acid groups (broad SMARTS) is 1. The van der Waals surface area contributed by atoms with E-state index in [4.69, 9.17) is 14.2 Å². The zero-order valence-electron chi connectivity index (χ0n) is 43.3. The Labute approximate surface area is 406 Å². The fourth-order valence-corrected chi connectivity index (χ4v) is 7.68. The van der Waals surface area contributed by atoms with Crippen LogP contribution < -0.4 is 5.11 Å². The van der Waals surface area contributed by atoms with Gasteiger partial charge in [0, 0.05) is 19.3 Å². The molecule has 0 spiro atoms. The van der Waals surface area contributed by atoms with Gasteiger partial charge in [0.15, 0.2) is 6.10 Å². The fraction of sp³-hybridized carbons (Fsp3) is 0.741. The molecule has 8 nitrogen and oxygen atoms in total. The van der Waals surface area contributed by atoms with Crippen LogP contribution in [0.5, 0.6) is 0 Å². The van der Waals surface area contributed by atoms with Gasteiger partial charge in [-0.15, -0.1) is 0 Å². The van der Waals surface area contributed by atoms with E-state index in [9.17, 15) is 19.5 Å². The lowest BCUT2D eigenvalue weighted by molar-refractivity contribution is -0.889. The van der Waals surface area contributed by atoms with Gasteiger partial charge in [0.2, 0.25) is 0 Å². The number of rotatable bonds is 48. The Morgan fingerprint density at radius 3 is 1.26 bits per heavy atom. The molecule has 0 N–H and O–H groups in total. The van der Waals surface area contributed by atoms with Crippen LogP contribution in [0.15, 0.2) is 72.9 Å². The van der Waals surface area contributed by atoms with Crippen LogP contribution in [-0.4, -0.2) is 75.5 Å². The van der Waals surface area contributed by atoms with Crippen LogP contribution in [0.25, 0.3) is 0 Å². The number of hydrogen-bond donors (Lipinski definition) is 0. The summed E-state index contributed by atoms with van der Waals surface area (Å²) >= 11 is 0. The molecule has 0 aliphatic rings. The molecule has 66 heavy (non-hydrogen) atoms. The van der Waals surface area contributed by atoms with Crippen molar-refractivity contribution in [3.63, 3.8) is 0 Å². The molecule has 0 heterocycles. The van der Waals surface area contributed by atoms with Crippen LogP contribution in [0.2, 0.25) is 0 Å². The standard InChI is InChI=1S/C58H101NO7/c1-6-8-10-12-14-16-18-20-22-24-26-28-29-31-32-34-36-38-40-42-44-46-48-56(60)65-53-54(52-64-51-50-55(58(62)63)59(3,4)5)66-57(61)49-47-45-43-41-39-37-35-33-30-27-25-23-21-19-17-15-13-11-9-7-2/h9,11,15,17,21,23-24,26-27,29-31,54-55H,6-8,10,12-14,16,18-20,22,25,28,32-53H2,1-5H3/b11-9+,17-15+,23-21+,26-24+,30-27+,31-29+. The number of carbonyl (C=O) groups excluding carboxylic acids is 3. The maximum absolute atomic E-state index is 12.8. The zero-order valence-corrected chi connectivity index (χ0v) is 43.3. The predicted octanol–water partition coefficient (Wildman–Crippen LogP) is 14.5. The van der Waals surface area contributed by atoms with Crippen molar-refractivity contribution in [1.29, 1.82) is 0 Å². The van der Waals surface area contributed by atoms with Crippen molar-refractivity contribution in [2.45, 2.75) is 238 Å². The number of nitrogens with zero attached hydrogens (tertiary/aromatic N) is 1. The molecule has 8 heteroatoms. The van der Waals surface area contributed by atoms with E-state index in [2.05, 4.69) is 86.8 Å². The number of carboxylic acids is 1. The van der Waals surface area contributed by atoms with E-state index in [1.165, 1.54) is 103 Å². The quantitative estimate of drug-likeness (QED) is 0.0259. The van der Waals surface area contributed by atoms with Crippen molar-refractivity contribution >= 4 is 17.9 Å². The van der Waals surface area contributed by atoms with Gasteiger partial charge in [-0.2, -0.15) is 0 Å². The summed E-state index contributed by atoms with van der Waals surface area (Å²) in [5.74, 6) is -1.76. The Bertz CT molecular complexity index is 1310. The molecule has 2 unspecified atom stereocenters. The number of ether oxygens (including phenoxy) is 3. The number of likely N-dealkylation sites (N-methyl/N-ethyl adjacent to an activating group) is 1. The number of unbranched alkanes of at least 4 members (excludes halogenated alkanes) is 22. The van der Waals surface area contributed by atoms with Crippen molar-refractivity contribution in [1.82, 2.24) is 0 Å². The Kier molecular flexibility index (Phi) is 45.9. The molecule has 0 saturated heterocycles. The van der Waals surface area contributed by atoms with Crippen LogP contribution in [0.1, 0.15) is 226 Å². The van der Waals surface area contributed by atoms with E-state index in [0.29, 0.717) is 12.8 Å². The van der Waals surface area contributed by atoms with Crippen LogP contribution in [0.3, 0.4) is 0 Å². The smallest absolute Gasteiger partial charge is 0.306 e. The number of aliphatic carboxylic acids is 1. The normalized spacial score (nSPS) is 13.4. The lowest BCUT2D eigenvalue weighted by atomic mass is 10.1. The van der Waals surface area contributed by atoms with Gasteiger partial charge in [-0.3, -0.25) is 9.59 Å². The van der Waals surface area contributed by atoms with E-state index < -0.39 is 18.1 Å². The number of esters is 2. The molecule has 0 aromatic rings. The fourth-order valence-electron chi connectivity index (χ4n) is 7.68. The molecular weight excluding hydrogens is 823 g/mol. The van der Waals surface area contributed by atoms with Crippen molar-refractivity contribution < 1.29 is 38.2 Å². The van der Waals surface area contributed by atoms with Gasteiger partial charge < -0.3 is 28.6 Å². The van der Waals surface area contributed by atoms with E-state index in [1.54, 1.807) is 21.1 Å². The Balaban J connectivity index is 4.26. The lowest BCUT2D eigenvalue weighted by Gasteiger charge is -2.34. The summed E-state index contributed by atoms with van der Waals surface area (Å²) in [5, 5.41) is 11.7. The van der Waals surface area contributed by atoms with E-state index in [1.807, 2.05) is 0 Å². The molecular formula is C58H101NO7. The van der Waals surface area contributed by atoms with Gasteiger partial charge in [0.25, 0.3) is 0 Å². The van der Waals surface area contributed by atoms with Crippen molar-refractivity contribution in [3.8, 4) is 0 Å². The molecule has 0 amide bonds. The highest BCUT2D eigenvalue weighted by Crippen LogP contribution is 2.15. The predicted molar refractivity (Wildman–Crippen MR) is 277 cm³/mol. The van der Waals surface area contributed by atoms with Crippen molar-refractivity contribution in [2.24, 2.45) is 0 Å². The van der Waals surface area contributed by atoms with Crippen LogP contribution in [0, 0.1) is 0 Å². The number of quaternary nitrogens is 1. The summed E-state index contributed by atoms with van der Waals surface area (Å²) in [6, 6.07) is -0.733. The third kappa shape index (κ3) is 45.9. The van der Waals surface area contributed by atoms with Gasteiger partial charge in [0.05, 0.1) is 40.3 Å². The summed E-state index contributed by atoms with van der Waals surface area (Å²) in [4.78, 5) is 37.1. The second-order valence-electron chi connectivity index (χ2n) is 19.1. The highest BCUT2D eigenvalue weighted by Gasteiger charge is 2.25. The Morgan fingerprint density at radius 2 is 0.848 bits per heavy atom. The Hall–Kier alpha value is -3.23. The monoisotopic (exact) mass is 924 g/mol. The number of allylic oxidation sites excluding steroid dienone is 12.